The molecule has 16 heavy (non-hydrogen) atoms. The maximum Gasteiger partial charge on any atom is 0.216 e. The van der Waals surface area contributed by atoms with E-state index in [2.05, 4.69) is 5.32 Å². The zero-order valence-electron chi connectivity index (χ0n) is 10.4. The first kappa shape index (κ1) is 13.9. The van der Waals surface area contributed by atoms with Crippen molar-refractivity contribution in [2.75, 3.05) is 27.2 Å². The molecule has 0 radical (unpaired) electrons. The van der Waals surface area contributed by atoms with Crippen LogP contribution in [0.1, 0.15) is 38.5 Å². The van der Waals surface area contributed by atoms with E-state index in [9.17, 15) is 8.42 Å². The fraction of sp³-hybridized carbons (Fsp3) is 1.00. The fourth-order valence-electron chi connectivity index (χ4n) is 2.22. The van der Waals surface area contributed by atoms with Gasteiger partial charge in [0, 0.05) is 13.6 Å². The molecule has 0 aromatic carbocycles. The van der Waals surface area contributed by atoms with Crippen LogP contribution in [0.4, 0.5) is 0 Å². The molecule has 0 atom stereocenters. The monoisotopic (exact) mass is 248 g/mol. The van der Waals surface area contributed by atoms with E-state index in [4.69, 9.17) is 0 Å². The van der Waals surface area contributed by atoms with Gasteiger partial charge in [0.15, 0.2) is 0 Å². The molecule has 96 valence electrons. The van der Waals surface area contributed by atoms with Gasteiger partial charge in [0.2, 0.25) is 10.0 Å². The van der Waals surface area contributed by atoms with Crippen molar-refractivity contribution >= 4 is 10.0 Å². The van der Waals surface area contributed by atoms with E-state index >= 15 is 0 Å². The van der Waals surface area contributed by atoms with E-state index in [1.165, 1.54) is 6.42 Å². The highest BCUT2D eigenvalue weighted by atomic mass is 32.2. The maximum absolute atomic E-state index is 12.2. The van der Waals surface area contributed by atoms with Crippen LogP contribution in [0.3, 0.4) is 0 Å². The van der Waals surface area contributed by atoms with Crippen LogP contribution < -0.4 is 5.32 Å². The minimum absolute atomic E-state index is 0.124. The molecule has 1 N–H and O–H groups in total. The number of nitrogens with one attached hydrogen (secondary N) is 1. The zero-order valence-corrected chi connectivity index (χ0v) is 11.2. The molecule has 5 heteroatoms. The van der Waals surface area contributed by atoms with Gasteiger partial charge in [0.25, 0.3) is 0 Å². The molecule has 0 aromatic rings. The summed E-state index contributed by atoms with van der Waals surface area (Å²) in [5.41, 5.74) is 0. The SMILES string of the molecule is CNCCCN(C)S(=O)(=O)C1CCCCC1. The van der Waals surface area contributed by atoms with Gasteiger partial charge < -0.3 is 5.32 Å². The van der Waals surface area contributed by atoms with E-state index in [1.807, 2.05) is 7.05 Å². The summed E-state index contributed by atoms with van der Waals surface area (Å²) in [6.45, 7) is 1.49. The molecule has 1 saturated carbocycles. The predicted molar refractivity (Wildman–Crippen MR) is 67.0 cm³/mol. The van der Waals surface area contributed by atoms with Crippen LogP contribution in [0.5, 0.6) is 0 Å². The Morgan fingerprint density at radius 3 is 2.44 bits per heavy atom. The van der Waals surface area contributed by atoms with Crippen molar-refractivity contribution < 1.29 is 8.42 Å². The topological polar surface area (TPSA) is 49.4 Å². The minimum atomic E-state index is -3.04. The van der Waals surface area contributed by atoms with Crippen LogP contribution in [0.25, 0.3) is 0 Å². The highest BCUT2D eigenvalue weighted by Gasteiger charge is 2.30. The van der Waals surface area contributed by atoms with Crippen LogP contribution in [0.2, 0.25) is 0 Å². The Labute approximate surface area is 99.5 Å². The van der Waals surface area contributed by atoms with Crippen molar-refractivity contribution in [1.82, 2.24) is 9.62 Å². The van der Waals surface area contributed by atoms with Crippen molar-refractivity contribution in [3.8, 4) is 0 Å². The van der Waals surface area contributed by atoms with Crippen molar-refractivity contribution in [1.29, 1.82) is 0 Å². The van der Waals surface area contributed by atoms with Crippen molar-refractivity contribution in [2.24, 2.45) is 0 Å². The molecule has 0 heterocycles. The lowest BCUT2D eigenvalue weighted by Crippen LogP contribution is -2.38. The summed E-state index contributed by atoms with van der Waals surface area (Å²) in [6.07, 6.45) is 5.88. The summed E-state index contributed by atoms with van der Waals surface area (Å²) < 4.78 is 25.9. The summed E-state index contributed by atoms with van der Waals surface area (Å²) in [4.78, 5) is 0. The van der Waals surface area contributed by atoms with Crippen LogP contribution in [-0.2, 0) is 10.0 Å². The first-order chi connectivity index (χ1) is 7.59. The lowest BCUT2D eigenvalue weighted by Gasteiger charge is -2.27. The van der Waals surface area contributed by atoms with Gasteiger partial charge in [0.05, 0.1) is 5.25 Å². The van der Waals surface area contributed by atoms with E-state index in [-0.39, 0.29) is 5.25 Å². The van der Waals surface area contributed by atoms with Crippen LogP contribution in [0, 0.1) is 0 Å². The number of nitrogens with zero attached hydrogens (tertiary/aromatic N) is 1. The maximum atomic E-state index is 12.2. The fourth-order valence-corrected chi connectivity index (χ4v) is 4.04. The Hall–Kier alpha value is -0.130. The van der Waals surface area contributed by atoms with Crippen LogP contribution in [0.15, 0.2) is 0 Å². The van der Waals surface area contributed by atoms with Gasteiger partial charge in [-0.2, -0.15) is 0 Å². The highest BCUT2D eigenvalue weighted by molar-refractivity contribution is 7.89. The van der Waals surface area contributed by atoms with Gasteiger partial charge in [-0.05, 0) is 32.9 Å². The normalized spacial score (nSPS) is 19.2. The van der Waals surface area contributed by atoms with Gasteiger partial charge in [0.1, 0.15) is 0 Å². The number of hydrogen-bond donors (Lipinski definition) is 1. The smallest absolute Gasteiger partial charge is 0.216 e. The summed E-state index contributed by atoms with van der Waals surface area (Å²) >= 11 is 0. The molecule has 4 nitrogen and oxygen atoms in total. The Morgan fingerprint density at radius 1 is 1.25 bits per heavy atom. The van der Waals surface area contributed by atoms with Crippen molar-refractivity contribution in [3.05, 3.63) is 0 Å². The van der Waals surface area contributed by atoms with Gasteiger partial charge in [-0.1, -0.05) is 19.3 Å². The molecule has 1 fully saturated rings. The molecule has 0 saturated heterocycles. The molecule has 0 aromatic heterocycles. The third kappa shape index (κ3) is 3.71. The molecular formula is C11H24N2O2S. The van der Waals surface area contributed by atoms with Gasteiger partial charge >= 0.3 is 0 Å². The molecule has 0 amide bonds. The molecule has 0 bridgehead atoms. The molecule has 0 unspecified atom stereocenters. The predicted octanol–water partition coefficient (Wildman–Crippen LogP) is 1.19. The molecular weight excluding hydrogens is 224 g/mol. The van der Waals surface area contributed by atoms with E-state index in [1.54, 1.807) is 11.4 Å². The number of sulfonamides is 1. The Kier molecular flexibility index (Phi) is 5.72. The first-order valence-electron chi connectivity index (χ1n) is 6.19. The quantitative estimate of drug-likeness (QED) is 0.718. The Morgan fingerprint density at radius 2 is 1.88 bits per heavy atom. The summed E-state index contributed by atoms with van der Waals surface area (Å²) in [5, 5.41) is 2.91. The molecule has 0 spiro atoms. The average molecular weight is 248 g/mol. The largest absolute Gasteiger partial charge is 0.320 e. The third-order valence-corrected chi connectivity index (χ3v) is 5.67. The second-order valence-corrected chi connectivity index (χ2v) is 6.90. The van der Waals surface area contributed by atoms with Gasteiger partial charge in [-0.25, -0.2) is 12.7 Å². The van der Waals surface area contributed by atoms with Crippen LogP contribution >= 0.6 is 0 Å². The lowest BCUT2D eigenvalue weighted by molar-refractivity contribution is 0.420. The average Bonchev–Trinajstić information content (AvgIpc) is 2.30. The second kappa shape index (κ2) is 6.57. The number of rotatable bonds is 6. The second-order valence-electron chi connectivity index (χ2n) is 4.58. The standard InChI is InChI=1S/C11H24N2O2S/c1-12-9-6-10-13(2)16(14,15)11-7-4-3-5-8-11/h11-12H,3-10H2,1-2H3. The summed E-state index contributed by atoms with van der Waals surface area (Å²) in [7, 11) is 0.556. The van der Waals surface area contributed by atoms with E-state index < -0.39 is 10.0 Å². The van der Waals surface area contributed by atoms with E-state index in [0.717, 1.165) is 38.6 Å². The third-order valence-electron chi connectivity index (χ3n) is 3.31. The zero-order chi connectivity index (χ0) is 12.0. The van der Waals surface area contributed by atoms with Crippen molar-refractivity contribution in [2.45, 2.75) is 43.8 Å². The molecule has 1 rings (SSSR count). The van der Waals surface area contributed by atoms with E-state index in [0.29, 0.717) is 6.54 Å². The Balaban J connectivity index is 2.47. The molecule has 0 aliphatic heterocycles. The Bertz CT molecular complexity index is 284. The van der Waals surface area contributed by atoms with Crippen molar-refractivity contribution in [3.63, 3.8) is 0 Å². The highest BCUT2D eigenvalue weighted by Crippen LogP contribution is 2.25. The minimum Gasteiger partial charge on any atom is -0.320 e. The number of hydrogen-bond acceptors (Lipinski definition) is 3. The summed E-state index contributed by atoms with van der Waals surface area (Å²) in [6, 6.07) is 0. The summed E-state index contributed by atoms with van der Waals surface area (Å²) in [5.74, 6) is 0. The van der Waals surface area contributed by atoms with Crippen LogP contribution in [-0.4, -0.2) is 45.2 Å². The lowest BCUT2D eigenvalue weighted by atomic mass is 10.0. The first-order valence-corrected chi connectivity index (χ1v) is 7.69. The van der Waals surface area contributed by atoms with Gasteiger partial charge in [-0.3, -0.25) is 0 Å². The van der Waals surface area contributed by atoms with Gasteiger partial charge in [-0.15, -0.1) is 0 Å². The molecule has 1 aliphatic rings. The molecule has 1 aliphatic carbocycles.